The topological polar surface area (TPSA) is 100 Å². The highest BCUT2D eigenvalue weighted by Gasteiger charge is 2.36. The van der Waals surface area contributed by atoms with Crippen LogP contribution in [0.15, 0.2) is 47.9 Å². The van der Waals surface area contributed by atoms with Crippen LogP contribution in [0.4, 0.5) is 13.2 Å². The molecule has 0 fully saturated rings. The van der Waals surface area contributed by atoms with Crippen LogP contribution >= 0.6 is 0 Å². The number of imidazole rings is 1. The predicted octanol–water partition coefficient (Wildman–Crippen LogP) is 0.757. The van der Waals surface area contributed by atoms with E-state index >= 15 is 0 Å². The molecular formula is C12H13F3N2O5S2. The average molecular weight is 386 g/mol. The molecule has 0 aliphatic carbocycles. The lowest BCUT2D eigenvalue weighted by Crippen LogP contribution is -2.33. The lowest BCUT2D eigenvalue weighted by atomic mass is 10.3. The van der Waals surface area contributed by atoms with Gasteiger partial charge in [-0.2, -0.15) is 17.7 Å². The average Bonchev–Trinajstić information content (AvgIpc) is 2.80. The fourth-order valence-corrected chi connectivity index (χ4v) is 2.80. The number of alkyl halides is 3. The number of para-hydroxylation sites is 1. The summed E-state index contributed by atoms with van der Waals surface area (Å²) in [5.41, 5.74) is -4.81. The Labute approximate surface area is 136 Å². The number of rotatable bonds is 2. The van der Waals surface area contributed by atoms with E-state index in [2.05, 4.69) is 0 Å². The minimum Gasteiger partial charge on any atom is -0.741 e. The SMILES string of the molecule is C[n+]1ccn(-c2ccccc2)c1S(C)(=O)=O.O=S(=O)([O-])C(F)(F)F. The molecule has 0 N–H and O–H groups in total. The zero-order valence-electron chi connectivity index (χ0n) is 12.4. The van der Waals surface area contributed by atoms with Crippen LogP contribution in [0.25, 0.3) is 5.69 Å². The van der Waals surface area contributed by atoms with Gasteiger partial charge in [0.15, 0.2) is 10.1 Å². The first-order valence-electron chi connectivity index (χ1n) is 6.10. The molecular weight excluding hydrogens is 373 g/mol. The standard InChI is InChI=1S/C11H13N2O2S.CHF3O3S/c1-12-8-9-13(11(12)16(2,14)15)10-6-4-3-5-7-10;2-1(3,4)8(5,6)7/h3-9H,1-2H3;(H,5,6,7)/q+1;/p-1. The molecule has 0 amide bonds. The van der Waals surface area contributed by atoms with E-state index in [1.54, 1.807) is 28.6 Å². The maximum atomic E-state index is 11.7. The van der Waals surface area contributed by atoms with Crippen LogP contribution in [0.3, 0.4) is 0 Å². The molecule has 12 heteroatoms. The Morgan fingerprint density at radius 3 is 1.92 bits per heavy atom. The minimum absolute atomic E-state index is 0.277. The molecule has 24 heavy (non-hydrogen) atoms. The molecule has 7 nitrogen and oxygen atoms in total. The third-order valence-electron chi connectivity index (χ3n) is 2.60. The van der Waals surface area contributed by atoms with Gasteiger partial charge in [-0.25, -0.2) is 21.4 Å². The maximum absolute atomic E-state index is 11.7. The molecule has 1 aromatic heterocycles. The summed E-state index contributed by atoms with van der Waals surface area (Å²) in [4.78, 5) is 0. The van der Waals surface area contributed by atoms with Crippen LogP contribution in [-0.2, 0) is 27.0 Å². The van der Waals surface area contributed by atoms with Crippen molar-refractivity contribution in [3.8, 4) is 5.69 Å². The van der Waals surface area contributed by atoms with Gasteiger partial charge in [0.1, 0.15) is 18.1 Å². The number of nitrogens with zero attached hydrogens (tertiary/aromatic N) is 2. The first kappa shape index (κ1) is 20.1. The largest absolute Gasteiger partial charge is 0.741 e. The number of halogens is 3. The second-order valence-electron chi connectivity index (χ2n) is 4.57. The van der Waals surface area contributed by atoms with Crippen molar-refractivity contribution in [3.05, 3.63) is 42.7 Å². The first-order chi connectivity index (χ1) is 10.7. The van der Waals surface area contributed by atoms with Gasteiger partial charge in [-0.05, 0) is 12.1 Å². The van der Waals surface area contributed by atoms with E-state index in [4.69, 9.17) is 13.0 Å². The zero-order valence-corrected chi connectivity index (χ0v) is 14.1. The summed E-state index contributed by atoms with van der Waals surface area (Å²) in [5.74, 6) is 0. The molecule has 0 atom stereocenters. The lowest BCUT2D eigenvalue weighted by Gasteiger charge is -2.08. The second kappa shape index (κ2) is 6.91. The molecule has 0 unspecified atom stereocenters. The normalized spacial score (nSPS) is 12.4. The highest BCUT2D eigenvalue weighted by molar-refractivity contribution is 7.90. The summed E-state index contributed by atoms with van der Waals surface area (Å²) in [6.45, 7) is 0. The molecule has 134 valence electrons. The fourth-order valence-electron chi connectivity index (χ4n) is 1.69. The molecule has 2 aromatic rings. The van der Waals surface area contributed by atoms with Crippen LogP contribution in [-0.4, -0.2) is 37.7 Å². The van der Waals surface area contributed by atoms with Crippen molar-refractivity contribution < 1.29 is 39.1 Å². The summed E-state index contributed by atoms with van der Waals surface area (Å²) in [6, 6.07) is 9.39. The Balaban J connectivity index is 0.000000307. The van der Waals surface area contributed by atoms with Gasteiger partial charge < -0.3 is 4.55 Å². The number of benzene rings is 1. The summed E-state index contributed by atoms with van der Waals surface area (Å²) >= 11 is 0. The van der Waals surface area contributed by atoms with Gasteiger partial charge in [-0.15, -0.1) is 0 Å². The van der Waals surface area contributed by atoms with Gasteiger partial charge >= 0.3 is 10.7 Å². The maximum Gasteiger partial charge on any atom is 0.485 e. The summed E-state index contributed by atoms with van der Waals surface area (Å²) in [7, 11) is -7.62. The predicted molar refractivity (Wildman–Crippen MR) is 75.8 cm³/mol. The van der Waals surface area contributed by atoms with Gasteiger partial charge in [-0.1, -0.05) is 18.2 Å². The highest BCUT2D eigenvalue weighted by atomic mass is 32.2. The Hall–Kier alpha value is -1.92. The third-order valence-corrected chi connectivity index (χ3v) is 4.31. The second-order valence-corrected chi connectivity index (χ2v) is 7.85. The van der Waals surface area contributed by atoms with Gasteiger partial charge in [0, 0.05) is 0 Å². The number of aromatic nitrogens is 2. The Morgan fingerprint density at radius 2 is 1.54 bits per heavy atom. The molecule has 2 rings (SSSR count). The van der Waals surface area contributed by atoms with Crippen molar-refractivity contribution in [1.82, 2.24) is 4.57 Å². The fraction of sp³-hybridized carbons (Fsp3) is 0.250. The molecule has 0 aliphatic rings. The van der Waals surface area contributed by atoms with Crippen LogP contribution < -0.4 is 4.57 Å². The van der Waals surface area contributed by atoms with E-state index in [-0.39, 0.29) is 5.16 Å². The molecule has 0 radical (unpaired) electrons. The van der Waals surface area contributed by atoms with Gasteiger partial charge in [0.2, 0.25) is 0 Å². The van der Waals surface area contributed by atoms with Crippen molar-refractivity contribution in [2.24, 2.45) is 7.05 Å². The van der Waals surface area contributed by atoms with Crippen LogP contribution in [0.1, 0.15) is 0 Å². The molecule has 0 bridgehead atoms. The Morgan fingerprint density at radius 1 is 1.08 bits per heavy atom. The minimum atomic E-state index is -6.09. The van der Waals surface area contributed by atoms with Gasteiger partial charge in [0.25, 0.3) is 9.84 Å². The van der Waals surface area contributed by atoms with Crippen molar-refractivity contribution in [2.75, 3.05) is 6.26 Å². The van der Waals surface area contributed by atoms with E-state index in [0.717, 1.165) is 5.69 Å². The number of aryl methyl sites for hydroxylation is 1. The lowest BCUT2D eigenvalue weighted by molar-refractivity contribution is -0.709. The smallest absolute Gasteiger partial charge is 0.485 e. The summed E-state index contributed by atoms with van der Waals surface area (Å²) in [6.07, 6.45) is 4.68. The molecule has 0 saturated heterocycles. The monoisotopic (exact) mass is 386 g/mol. The van der Waals surface area contributed by atoms with Crippen molar-refractivity contribution in [2.45, 2.75) is 10.7 Å². The summed E-state index contributed by atoms with van der Waals surface area (Å²) < 4.78 is 85.5. The van der Waals surface area contributed by atoms with Crippen LogP contribution in [0.2, 0.25) is 0 Å². The Bertz CT molecular complexity index is 904. The molecule has 0 spiro atoms. The van der Waals surface area contributed by atoms with Crippen molar-refractivity contribution >= 4 is 20.0 Å². The molecule has 0 aliphatic heterocycles. The quantitative estimate of drug-likeness (QED) is 0.431. The van der Waals surface area contributed by atoms with Crippen LogP contribution in [0.5, 0.6) is 0 Å². The van der Waals surface area contributed by atoms with Crippen molar-refractivity contribution in [3.63, 3.8) is 0 Å². The summed E-state index contributed by atoms with van der Waals surface area (Å²) in [5, 5.41) is 0.277. The first-order valence-corrected chi connectivity index (χ1v) is 9.39. The van der Waals surface area contributed by atoms with E-state index in [1.165, 1.54) is 6.26 Å². The van der Waals surface area contributed by atoms with E-state index < -0.39 is 25.5 Å². The van der Waals surface area contributed by atoms with Gasteiger partial charge in [0.05, 0.1) is 13.3 Å². The van der Waals surface area contributed by atoms with Gasteiger partial charge in [-0.3, -0.25) is 0 Å². The van der Waals surface area contributed by atoms with E-state index in [1.807, 2.05) is 30.3 Å². The number of hydrogen-bond donors (Lipinski definition) is 0. The number of sulfone groups is 1. The van der Waals surface area contributed by atoms with Crippen molar-refractivity contribution in [1.29, 1.82) is 0 Å². The molecule has 1 aromatic carbocycles. The van der Waals surface area contributed by atoms with Crippen LogP contribution in [0, 0.1) is 0 Å². The number of hydrogen-bond acceptors (Lipinski definition) is 5. The molecule has 0 saturated carbocycles. The third kappa shape index (κ3) is 5.04. The molecule has 1 heterocycles. The highest BCUT2D eigenvalue weighted by Crippen LogP contribution is 2.20. The zero-order chi connectivity index (χ0) is 18.8. The van der Waals surface area contributed by atoms with E-state index in [9.17, 15) is 21.6 Å². The van der Waals surface area contributed by atoms with E-state index in [0.29, 0.717) is 0 Å². The Kier molecular flexibility index (Phi) is 5.79.